The molecule has 0 unspecified atom stereocenters. The lowest BCUT2D eigenvalue weighted by atomic mass is 10.1. The highest BCUT2D eigenvalue weighted by Crippen LogP contribution is 2.27. The molecule has 2 aromatic heterocycles. The van der Waals surface area contributed by atoms with Crippen molar-refractivity contribution in [1.29, 1.82) is 5.26 Å². The Morgan fingerprint density at radius 1 is 1.07 bits per heavy atom. The zero-order valence-electron chi connectivity index (χ0n) is 14.4. The predicted octanol–water partition coefficient (Wildman–Crippen LogP) is 3.41. The summed E-state index contributed by atoms with van der Waals surface area (Å²) in [5, 5.41) is 26.2. The van der Waals surface area contributed by atoms with Gasteiger partial charge in [0.2, 0.25) is 5.82 Å². The molecule has 0 fully saturated rings. The van der Waals surface area contributed by atoms with Crippen molar-refractivity contribution in [2.45, 2.75) is 13.5 Å². The quantitative estimate of drug-likeness (QED) is 0.545. The van der Waals surface area contributed by atoms with E-state index in [1.165, 1.54) is 4.80 Å². The predicted molar refractivity (Wildman–Crippen MR) is 100 cm³/mol. The number of hydrogen-bond donors (Lipinski definition) is 0. The zero-order chi connectivity index (χ0) is 18.8. The molecule has 2 aromatic carbocycles. The Hall–Kier alpha value is -3.50. The molecule has 0 aliphatic carbocycles. The molecular formula is C19H14ClN7. The van der Waals surface area contributed by atoms with Gasteiger partial charge in [-0.3, -0.25) is 0 Å². The third-order valence-corrected chi connectivity index (χ3v) is 4.45. The monoisotopic (exact) mass is 375 g/mol. The second kappa shape index (κ2) is 7.02. The van der Waals surface area contributed by atoms with Crippen LogP contribution in [-0.2, 0) is 6.54 Å². The molecular weight excluding hydrogens is 362 g/mol. The first-order valence-corrected chi connectivity index (χ1v) is 8.59. The van der Waals surface area contributed by atoms with Crippen molar-refractivity contribution in [2.75, 3.05) is 0 Å². The van der Waals surface area contributed by atoms with Crippen LogP contribution in [0.2, 0.25) is 5.15 Å². The number of tetrazole rings is 1. The highest BCUT2D eigenvalue weighted by molar-refractivity contribution is 6.32. The number of aromatic nitrogens is 6. The van der Waals surface area contributed by atoms with Gasteiger partial charge in [0.1, 0.15) is 5.15 Å². The third-order valence-electron chi connectivity index (χ3n) is 4.09. The van der Waals surface area contributed by atoms with E-state index in [1.54, 1.807) is 23.0 Å². The molecule has 0 aliphatic rings. The second-order valence-electron chi connectivity index (χ2n) is 6.05. The van der Waals surface area contributed by atoms with Gasteiger partial charge in [0, 0.05) is 0 Å². The van der Waals surface area contributed by atoms with Gasteiger partial charge in [-0.05, 0) is 42.0 Å². The minimum atomic E-state index is 0.409. The molecule has 0 spiro atoms. The van der Waals surface area contributed by atoms with Crippen LogP contribution >= 0.6 is 11.6 Å². The van der Waals surface area contributed by atoms with E-state index in [1.807, 2.05) is 43.3 Å². The summed E-state index contributed by atoms with van der Waals surface area (Å²) in [5.41, 5.74) is 4.22. The zero-order valence-corrected chi connectivity index (χ0v) is 15.2. The van der Waals surface area contributed by atoms with Crippen molar-refractivity contribution in [3.05, 3.63) is 76.6 Å². The fourth-order valence-corrected chi connectivity index (χ4v) is 2.89. The highest BCUT2D eigenvalue weighted by atomic mass is 35.5. The molecule has 0 amide bonds. The normalized spacial score (nSPS) is 10.7. The SMILES string of the molecule is Cc1ccc(-n2ncc(-c3nnn(Cc4ccc(C#N)cc4)n3)c2Cl)cc1. The second-order valence-corrected chi connectivity index (χ2v) is 6.41. The first kappa shape index (κ1) is 16.9. The number of rotatable bonds is 4. The van der Waals surface area contributed by atoms with Gasteiger partial charge in [-0.15, -0.1) is 10.2 Å². The highest BCUT2D eigenvalue weighted by Gasteiger charge is 2.16. The number of halogens is 1. The molecule has 0 saturated carbocycles. The Morgan fingerprint density at radius 3 is 2.52 bits per heavy atom. The van der Waals surface area contributed by atoms with E-state index in [4.69, 9.17) is 16.9 Å². The summed E-state index contributed by atoms with van der Waals surface area (Å²) < 4.78 is 1.64. The van der Waals surface area contributed by atoms with Crippen LogP contribution in [0.5, 0.6) is 0 Å². The molecule has 27 heavy (non-hydrogen) atoms. The molecule has 0 radical (unpaired) electrons. The number of nitriles is 1. The van der Waals surface area contributed by atoms with Gasteiger partial charge < -0.3 is 0 Å². The summed E-state index contributed by atoms with van der Waals surface area (Å²) in [6, 6.07) is 17.2. The molecule has 2 heterocycles. The minimum absolute atomic E-state index is 0.409. The lowest BCUT2D eigenvalue weighted by Crippen LogP contribution is -2.04. The van der Waals surface area contributed by atoms with Crippen LogP contribution in [0.4, 0.5) is 0 Å². The summed E-state index contributed by atoms with van der Waals surface area (Å²) in [6.07, 6.45) is 1.63. The molecule has 8 heteroatoms. The van der Waals surface area contributed by atoms with Gasteiger partial charge in [0.15, 0.2) is 0 Å². The standard InChI is InChI=1S/C19H14ClN7/c1-13-2-8-16(9-3-13)27-18(20)17(11-22-27)19-23-25-26(24-19)12-15-6-4-14(10-21)5-7-15/h2-9,11H,12H2,1H3. The van der Waals surface area contributed by atoms with Gasteiger partial charge in [-0.2, -0.15) is 15.2 Å². The molecule has 7 nitrogen and oxygen atoms in total. The number of aryl methyl sites for hydroxylation is 1. The number of benzene rings is 2. The Kier molecular flexibility index (Phi) is 4.40. The summed E-state index contributed by atoms with van der Waals surface area (Å²) >= 11 is 6.49. The van der Waals surface area contributed by atoms with Crippen LogP contribution in [0, 0.1) is 18.3 Å². The molecule has 4 aromatic rings. The number of nitrogens with zero attached hydrogens (tertiary/aromatic N) is 7. The Bertz CT molecular complexity index is 1120. The van der Waals surface area contributed by atoms with Gasteiger partial charge in [-0.1, -0.05) is 41.4 Å². The van der Waals surface area contributed by atoms with Crippen LogP contribution < -0.4 is 0 Å². The Morgan fingerprint density at radius 2 is 1.81 bits per heavy atom. The fourth-order valence-electron chi connectivity index (χ4n) is 2.62. The molecule has 0 atom stereocenters. The fraction of sp³-hybridized carbons (Fsp3) is 0.105. The minimum Gasteiger partial charge on any atom is -0.221 e. The number of hydrogen-bond acceptors (Lipinski definition) is 5. The maximum absolute atomic E-state index is 8.86. The Labute approximate surface area is 160 Å². The molecule has 0 saturated heterocycles. The van der Waals surface area contributed by atoms with E-state index in [0.29, 0.717) is 28.6 Å². The van der Waals surface area contributed by atoms with Crippen LogP contribution in [-0.4, -0.2) is 30.0 Å². The van der Waals surface area contributed by atoms with Crippen molar-refractivity contribution in [3.63, 3.8) is 0 Å². The summed E-state index contributed by atoms with van der Waals surface area (Å²) in [4.78, 5) is 1.48. The first-order chi connectivity index (χ1) is 13.1. The molecule has 0 N–H and O–H groups in total. The van der Waals surface area contributed by atoms with Crippen LogP contribution in [0.1, 0.15) is 16.7 Å². The Balaban J connectivity index is 1.58. The van der Waals surface area contributed by atoms with E-state index in [0.717, 1.165) is 16.8 Å². The lowest BCUT2D eigenvalue weighted by Gasteiger charge is -2.03. The van der Waals surface area contributed by atoms with Crippen molar-refractivity contribution < 1.29 is 0 Å². The van der Waals surface area contributed by atoms with E-state index < -0.39 is 0 Å². The summed E-state index contributed by atoms with van der Waals surface area (Å²) in [5.74, 6) is 0.409. The van der Waals surface area contributed by atoms with Crippen molar-refractivity contribution >= 4 is 11.6 Å². The first-order valence-electron chi connectivity index (χ1n) is 8.22. The largest absolute Gasteiger partial charge is 0.221 e. The van der Waals surface area contributed by atoms with Gasteiger partial charge in [0.25, 0.3) is 0 Å². The molecule has 4 rings (SSSR count). The van der Waals surface area contributed by atoms with Crippen LogP contribution in [0.15, 0.2) is 54.7 Å². The average Bonchev–Trinajstić information content (AvgIpc) is 3.29. The summed E-state index contributed by atoms with van der Waals surface area (Å²) in [7, 11) is 0. The van der Waals surface area contributed by atoms with Gasteiger partial charge >= 0.3 is 0 Å². The maximum Gasteiger partial charge on any atom is 0.209 e. The van der Waals surface area contributed by atoms with Crippen molar-refractivity contribution in [2.24, 2.45) is 0 Å². The van der Waals surface area contributed by atoms with E-state index in [-0.39, 0.29) is 0 Å². The van der Waals surface area contributed by atoms with Crippen molar-refractivity contribution in [1.82, 2.24) is 30.0 Å². The topological polar surface area (TPSA) is 85.2 Å². The average molecular weight is 376 g/mol. The molecule has 0 aliphatic heterocycles. The smallest absolute Gasteiger partial charge is 0.209 e. The van der Waals surface area contributed by atoms with Crippen LogP contribution in [0.3, 0.4) is 0 Å². The van der Waals surface area contributed by atoms with Gasteiger partial charge in [-0.25, -0.2) is 4.68 Å². The third kappa shape index (κ3) is 3.43. The van der Waals surface area contributed by atoms with Gasteiger partial charge in [0.05, 0.1) is 35.6 Å². The van der Waals surface area contributed by atoms with E-state index in [2.05, 4.69) is 26.6 Å². The van der Waals surface area contributed by atoms with Crippen LogP contribution in [0.25, 0.3) is 17.1 Å². The summed E-state index contributed by atoms with van der Waals surface area (Å²) in [6.45, 7) is 2.47. The molecule has 0 bridgehead atoms. The molecule has 132 valence electrons. The lowest BCUT2D eigenvalue weighted by molar-refractivity contribution is 0.573. The van der Waals surface area contributed by atoms with E-state index >= 15 is 0 Å². The van der Waals surface area contributed by atoms with E-state index in [9.17, 15) is 0 Å². The maximum atomic E-state index is 8.86. The van der Waals surface area contributed by atoms with Crippen molar-refractivity contribution in [3.8, 4) is 23.1 Å².